The van der Waals surface area contributed by atoms with Crippen LogP contribution in [0.15, 0.2) is 0 Å². The molecular weight excluding hydrogens is 904 g/mol. The van der Waals surface area contributed by atoms with Crippen LogP contribution in [0.2, 0.25) is 0 Å². The Bertz CT molecular complexity index is 24.0. The first-order valence-electron chi connectivity index (χ1n) is 0. The summed E-state index contributed by atoms with van der Waals surface area (Å²) in [5.74, 6) is 0. The minimum atomic E-state index is 0. The van der Waals surface area contributed by atoms with Crippen LogP contribution < -0.4 is 0 Å². The van der Waals surface area contributed by atoms with Crippen LogP contribution in [0.25, 0.3) is 0 Å². The van der Waals surface area contributed by atoms with Crippen LogP contribution in [-0.4, -0.2) is 77.9 Å². The van der Waals surface area contributed by atoms with Gasteiger partial charge in [-0.3, -0.25) is 0 Å². The Morgan fingerprint density at radius 2 is 1.00 bits per heavy atom. The third-order valence-electron chi connectivity index (χ3n) is 0. The van der Waals surface area contributed by atoms with Gasteiger partial charge in [-0.25, -0.2) is 0 Å². The first kappa shape index (κ1) is 65.7. The number of hydrogen-bond donors (Lipinski definition) is 0. The molecule has 0 saturated heterocycles. The quantitative estimate of drug-likeness (QED) is 0.270. The molecule has 0 unspecified atom stereocenters. The monoisotopic (exact) mass is 904 g/mol. The Kier molecular flexibility index (Phi) is 427. The molecule has 0 N–H and O–H groups in total. The van der Waals surface area contributed by atoms with Crippen LogP contribution in [0.4, 0.5) is 0 Å². The van der Waals surface area contributed by atoms with Crippen molar-refractivity contribution in [3.63, 3.8) is 0 Å². The fourth-order valence-corrected chi connectivity index (χ4v) is 0. The van der Waals surface area contributed by atoms with E-state index >= 15 is 0 Å². The molecule has 0 amide bonds. The van der Waals surface area contributed by atoms with E-state index in [4.69, 9.17) is 0 Å². The molecule has 41 valence electrons. The van der Waals surface area contributed by atoms with Crippen molar-refractivity contribution < 1.29 is 105 Å². The van der Waals surface area contributed by atoms with Crippen molar-refractivity contribution in [3.8, 4) is 0 Å². The Labute approximate surface area is 178 Å². The second-order valence-corrected chi connectivity index (χ2v) is 0. The molecule has 0 saturated carbocycles. The molecular formula is BiCdCrFeMnPbSbZr. The summed E-state index contributed by atoms with van der Waals surface area (Å²) >= 11 is 0. The summed E-state index contributed by atoms with van der Waals surface area (Å²) in [6, 6.07) is 0. The molecule has 0 heterocycles. The Hall–Kier alpha value is 6.00. The van der Waals surface area contributed by atoms with E-state index in [0.29, 0.717) is 0 Å². The van der Waals surface area contributed by atoms with E-state index in [9.17, 15) is 0 Å². The maximum Gasteiger partial charge on any atom is 0 e. The van der Waals surface area contributed by atoms with Gasteiger partial charge in [0, 0.05) is 183 Å². The van der Waals surface area contributed by atoms with Gasteiger partial charge in [-0.15, -0.1) is 0 Å². The molecule has 0 atom stereocenters. The van der Waals surface area contributed by atoms with Gasteiger partial charge in [0.15, 0.2) is 0 Å². The van der Waals surface area contributed by atoms with Gasteiger partial charge < -0.3 is 0 Å². The normalized spacial score (nSPS) is 0. The van der Waals surface area contributed by atoms with Gasteiger partial charge in [-0.1, -0.05) is 0 Å². The fraction of sp³-hybridized carbons (Fsp3) is 0. The van der Waals surface area contributed by atoms with Gasteiger partial charge >= 0.3 is 0 Å². The van der Waals surface area contributed by atoms with E-state index in [-0.39, 0.29) is 183 Å². The molecule has 0 aromatic rings. The number of hydrogen-bond acceptors (Lipinski definition) is 0. The van der Waals surface area contributed by atoms with Gasteiger partial charge in [0.25, 0.3) is 0 Å². The van der Waals surface area contributed by atoms with Gasteiger partial charge in [-0.2, -0.15) is 0 Å². The van der Waals surface area contributed by atoms with Gasteiger partial charge in [0.1, 0.15) is 0 Å². The van der Waals surface area contributed by atoms with E-state index in [2.05, 4.69) is 0 Å². The molecule has 0 aliphatic rings. The molecule has 0 aromatic carbocycles. The average Bonchev–Trinajstić information content (AvgIpc) is 0. The summed E-state index contributed by atoms with van der Waals surface area (Å²) in [6.07, 6.45) is 0. The topological polar surface area (TPSA) is 0 Å². The minimum Gasteiger partial charge on any atom is 0 e. The first-order chi connectivity index (χ1) is 0. The second-order valence-electron chi connectivity index (χ2n) is 0. The molecule has 11 radical (unpaired) electrons. The Morgan fingerprint density at radius 1 is 1.00 bits per heavy atom. The van der Waals surface area contributed by atoms with Gasteiger partial charge in [0.05, 0.1) is 0 Å². The Balaban J connectivity index is 0. The molecule has 0 bridgehead atoms. The van der Waals surface area contributed by atoms with Crippen molar-refractivity contribution in [3.05, 3.63) is 0 Å². The zero-order valence-electron chi connectivity index (χ0n) is 3.74. The summed E-state index contributed by atoms with van der Waals surface area (Å²) in [4.78, 5) is 0. The van der Waals surface area contributed by atoms with E-state index < -0.39 is 0 Å². The fourth-order valence-electron chi connectivity index (χ4n) is 0. The van der Waals surface area contributed by atoms with Crippen molar-refractivity contribution in [1.82, 2.24) is 0 Å². The van der Waals surface area contributed by atoms with Crippen molar-refractivity contribution in [1.29, 1.82) is 0 Å². The molecule has 0 fully saturated rings. The first-order valence-corrected chi connectivity index (χ1v) is 0. The van der Waals surface area contributed by atoms with Gasteiger partial charge in [0.2, 0.25) is 0 Å². The summed E-state index contributed by atoms with van der Waals surface area (Å²) in [5, 5.41) is 0. The van der Waals surface area contributed by atoms with Crippen LogP contribution in [-0.2, 0) is 105 Å². The van der Waals surface area contributed by atoms with Crippen LogP contribution in [0.3, 0.4) is 0 Å². The van der Waals surface area contributed by atoms with E-state index in [1.54, 1.807) is 0 Å². The standard InChI is InChI=1S/Bi.Cd.Cr.Fe.Mn.Pb.Sb.Zr. The van der Waals surface area contributed by atoms with Gasteiger partial charge in [-0.05, 0) is 0 Å². The van der Waals surface area contributed by atoms with E-state index in [0.717, 1.165) is 0 Å². The summed E-state index contributed by atoms with van der Waals surface area (Å²) in [7, 11) is 0. The zero-order chi connectivity index (χ0) is 0. The van der Waals surface area contributed by atoms with Crippen LogP contribution in [0.1, 0.15) is 0 Å². The molecule has 8 heteroatoms. The Morgan fingerprint density at radius 3 is 1.00 bits per heavy atom. The predicted molar refractivity (Wildman–Crippen MR) is 17.3 cm³/mol. The summed E-state index contributed by atoms with van der Waals surface area (Å²) in [5.41, 5.74) is 0. The maximum absolute atomic E-state index is 0. The molecule has 0 aliphatic carbocycles. The largest absolute Gasteiger partial charge is 0 e. The third kappa shape index (κ3) is 40.3. The molecule has 0 nitrogen and oxygen atoms in total. The molecule has 0 spiro atoms. The van der Waals surface area contributed by atoms with Crippen molar-refractivity contribution in [2.45, 2.75) is 0 Å². The van der Waals surface area contributed by atoms with Crippen LogP contribution in [0.5, 0.6) is 0 Å². The van der Waals surface area contributed by atoms with Crippen LogP contribution >= 0.6 is 0 Å². The average molecular weight is 904 g/mol. The molecule has 0 rings (SSSR count). The van der Waals surface area contributed by atoms with Crippen LogP contribution in [0, 0.1) is 0 Å². The van der Waals surface area contributed by atoms with Crippen molar-refractivity contribution >= 4 is 77.9 Å². The van der Waals surface area contributed by atoms with Crippen molar-refractivity contribution in [2.75, 3.05) is 0 Å². The van der Waals surface area contributed by atoms with E-state index in [1.165, 1.54) is 0 Å². The molecule has 0 aliphatic heterocycles. The minimum absolute atomic E-state index is 0. The smallest absolute Gasteiger partial charge is 0 e. The van der Waals surface area contributed by atoms with E-state index in [1.807, 2.05) is 0 Å². The molecule has 0 aromatic heterocycles. The summed E-state index contributed by atoms with van der Waals surface area (Å²) in [6.45, 7) is 0. The second kappa shape index (κ2) is 52.0. The van der Waals surface area contributed by atoms with Crippen molar-refractivity contribution in [2.24, 2.45) is 0 Å². The number of rotatable bonds is 0. The third-order valence-corrected chi connectivity index (χ3v) is 0. The maximum atomic E-state index is 0. The predicted octanol–water partition coefficient (Wildman–Crippen LogP) is -1.15. The molecule has 8 heavy (non-hydrogen) atoms. The zero-order valence-corrected chi connectivity index (χ0v) is 23.7. The summed E-state index contributed by atoms with van der Waals surface area (Å²) < 4.78 is 0. The SMILES string of the molecule is [Bi].[Cd].[Cr].[Fe].[Mn].[Pb].[Sb].[Zr].